The number of benzene rings is 1. The van der Waals surface area contributed by atoms with E-state index in [0.717, 1.165) is 5.56 Å². The number of hydrogen-bond donors (Lipinski definition) is 2. The molecule has 6 heteroatoms. The van der Waals surface area contributed by atoms with Gasteiger partial charge in [0.15, 0.2) is 0 Å². The first kappa shape index (κ1) is 13.2. The van der Waals surface area contributed by atoms with Gasteiger partial charge < -0.3 is 5.11 Å². The van der Waals surface area contributed by atoms with Crippen LogP contribution in [0.2, 0.25) is 0 Å². The third-order valence-electron chi connectivity index (χ3n) is 2.73. The van der Waals surface area contributed by atoms with Gasteiger partial charge in [-0.3, -0.25) is 4.98 Å². The van der Waals surface area contributed by atoms with Crippen LogP contribution in [0.15, 0.2) is 52.5 Å². The average Bonchev–Trinajstić information content (AvgIpc) is 2.39. The number of rotatable bonds is 3. The Morgan fingerprint density at radius 3 is 2.42 bits per heavy atom. The summed E-state index contributed by atoms with van der Waals surface area (Å²) in [5, 5.41) is 8.81. The van der Waals surface area contributed by atoms with Crippen molar-refractivity contribution in [2.75, 3.05) is 0 Å². The smallest absolute Gasteiger partial charge is 0.335 e. The SMILES string of the molecule is Cc1ccncc1S(=N)(=O)c1ccc(C(=O)O)cc1. The second-order valence-corrected chi connectivity index (χ2v) is 6.05. The van der Waals surface area contributed by atoms with Gasteiger partial charge >= 0.3 is 5.97 Å². The van der Waals surface area contributed by atoms with Gasteiger partial charge in [0.05, 0.1) is 15.4 Å². The van der Waals surface area contributed by atoms with E-state index in [1.807, 2.05) is 0 Å². The summed E-state index contributed by atoms with van der Waals surface area (Å²) in [6.45, 7) is 1.76. The van der Waals surface area contributed by atoms with Crippen LogP contribution in [0.3, 0.4) is 0 Å². The Bertz CT molecular complexity index is 722. The molecule has 0 aliphatic rings. The Morgan fingerprint density at radius 1 is 1.26 bits per heavy atom. The third kappa shape index (κ3) is 2.48. The number of nitrogens with zero attached hydrogens (tertiary/aromatic N) is 1. The maximum Gasteiger partial charge on any atom is 0.335 e. The normalized spacial score (nSPS) is 13.7. The summed E-state index contributed by atoms with van der Waals surface area (Å²) in [5.74, 6) is -1.06. The predicted octanol–water partition coefficient (Wildman–Crippen LogP) is 2.55. The molecule has 2 rings (SSSR count). The number of carbonyl (C=O) groups is 1. The lowest BCUT2D eigenvalue weighted by molar-refractivity contribution is 0.0697. The van der Waals surface area contributed by atoms with Gasteiger partial charge in [-0.15, -0.1) is 0 Å². The van der Waals surface area contributed by atoms with Crippen LogP contribution in [0.25, 0.3) is 0 Å². The minimum absolute atomic E-state index is 0.0989. The zero-order valence-electron chi connectivity index (χ0n) is 10.2. The fraction of sp³-hybridized carbons (Fsp3) is 0.0769. The van der Waals surface area contributed by atoms with Gasteiger partial charge in [-0.25, -0.2) is 13.8 Å². The van der Waals surface area contributed by atoms with Gasteiger partial charge in [-0.1, -0.05) is 0 Å². The highest BCUT2D eigenvalue weighted by molar-refractivity contribution is 7.92. The molecule has 1 aromatic heterocycles. The number of carboxylic acid groups (broad SMARTS) is 1. The lowest BCUT2D eigenvalue weighted by Crippen LogP contribution is -2.04. The minimum Gasteiger partial charge on any atom is -0.478 e. The van der Waals surface area contributed by atoms with E-state index >= 15 is 0 Å². The van der Waals surface area contributed by atoms with E-state index in [2.05, 4.69) is 4.98 Å². The molecule has 0 aliphatic heterocycles. The summed E-state index contributed by atoms with van der Waals surface area (Å²) >= 11 is 0. The van der Waals surface area contributed by atoms with Crippen molar-refractivity contribution in [2.45, 2.75) is 16.7 Å². The maximum absolute atomic E-state index is 12.6. The van der Waals surface area contributed by atoms with Crippen molar-refractivity contribution in [3.8, 4) is 0 Å². The van der Waals surface area contributed by atoms with E-state index in [-0.39, 0.29) is 10.5 Å². The van der Waals surface area contributed by atoms with Crippen LogP contribution in [0.5, 0.6) is 0 Å². The van der Waals surface area contributed by atoms with Gasteiger partial charge in [-0.2, -0.15) is 0 Å². The zero-order valence-corrected chi connectivity index (χ0v) is 11.0. The molecule has 0 amide bonds. The summed E-state index contributed by atoms with van der Waals surface area (Å²) in [6.07, 6.45) is 2.98. The van der Waals surface area contributed by atoms with E-state index in [4.69, 9.17) is 9.89 Å². The molecule has 1 unspecified atom stereocenters. The molecule has 2 N–H and O–H groups in total. The number of aromatic carboxylic acids is 1. The molecule has 98 valence electrons. The molecule has 0 saturated heterocycles. The summed E-state index contributed by atoms with van der Waals surface area (Å²) in [6, 6.07) is 7.20. The molecular weight excluding hydrogens is 264 g/mol. The summed E-state index contributed by atoms with van der Waals surface area (Å²) in [4.78, 5) is 15.3. The molecule has 0 spiro atoms. The molecule has 0 bridgehead atoms. The summed E-state index contributed by atoms with van der Waals surface area (Å²) in [5.41, 5.74) is 0.819. The van der Waals surface area contributed by atoms with Crippen molar-refractivity contribution in [2.24, 2.45) is 0 Å². The van der Waals surface area contributed by atoms with Crippen molar-refractivity contribution >= 4 is 15.7 Å². The fourth-order valence-electron chi connectivity index (χ4n) is 1.67. The van der Waals surface area contributed by atoms with E-state index in [1.165, 1.54) is 30.5 Å². The van der Waals surface area contributed by atoms with E-state index in [1.54, 1.807) is 19.2 Å². The van der Waals surface area contributed by atoms with E-state index in [0.29, 0.717) is 4.90 Å². The van der Waals surface area contributed by atoms with Crippen LogP contribution >= 0.6 is 0 Å². The third-order valence-corrected chi connectivity index (χ3v) is 4.72. The second kappa shape index (κ2) is 4.81. The van der Waals surface area contributed by atoms with Crippen LogP contribution in [0, 0.1) is 11.7 Å². The topological polar surface area (TPSA) is 91.1 Å². The highest BCUT2D eigenvalue weighted by atomic mass is 32.2. The van der Waals surface area contributed by atoms with Gasteiger partial charge in [0.2, 0.25) is 0 Å². The number of aromatic nitrogens is 1. The lowest BCUT2D eigenvalue weighted by atomic mass is 10.2. The zero-order chi connectivity index (χ0) is 14.0. The van der Waals surface area contributed by atoms with Crippen molar-refractivity contribution < 1.29 is 14.1 Å². The van der Waals surface area contributed by atoms with Crippen LogP contribution in [0.4, 0.5) is 0 Å². The standard InChI is InChI=1S/C13H12N2O3S/c1-9-6-7-15-8-12(9)19(14,18)11-4-2-10(3-5-11)13(16)17/h2-8,14H,1H3,(H,16,17). The average molecular weight is 276 g/mol. The molecule has 2 aromatic rings. The molecular formula is C13H12N2O3S. The van der Waals surface area contributed by atoms with Crippen molar-refractivity contribution in [1.82, 2.24) is 4.98 Å². The molecule has 0 radical (unpaired) electrons. The molecule has 1 aromatic carbocycles. The molecule has 19 heavy (non-hydrogen) atoms. The highest BCUT2D eigenvalue weighted by Gasteiger charge is 2.16. The molecule has 0 fully saturated rings. The van der Waals surface area contributed by atoms with Gasteiger partial charge in [0.25, 0.3) is 0 Å². The molecule has 0 saturated carbocycles. The molecule has 0 aliphatic carbocycles. The monoisotopic (exact) mass is 276 g/mol. The quantitative estimate of drug-likeness (QED) is 0.901. The Hall–Kier alpha value is -2.21. The van der Waals surface area contributed by atoms with E-state index in [9.17, 15) is 9.00 Å². The Morgan fingerprint density at radius 2 is 1.89 bits per heavy atom. The summed E-state index contributed by atoms with van der Waals surface area (Å²) < 4.78 is 20.6. The highest BCUT2D eigenvalue weighted by Crippen LogP contribution is 2.23. The van der Waals surface area contributed by atoms with Crippen molar-refractivity contribution in [3.05, 3.63) is 53.9 Å². The van der Waals surface area contributed by atoms with Crippen LogP contribution < -0.4 is 0 Å². The Kier molecular flexibility index (Phi) is 3.35. The number of nitrogens with one attached hydrogen (secondary N) is 1. The molecule has 1 heterocycles. The van der Waals surface area contributed by atoms with Crippen molar-refractivity contribution in [3.63, 3.8) is 0 Å². The van der Waals surface area contributed by atoms with Crippen LogP contribution in [-0.4, -0.2) is 20.3 Å². The first-order valence-electron chi connectivity index (χ1n) is 5.46. The van der Waals surface area contributed by atoms with Crippen LogP contribution in [0.1, 0.15) is 15.9 Å². The summed E-state index contributed by atoms with van der Waals surface area (Å²) in [7, 11) is -3.17. The first-order chi connectivity index (χ1) is 8.93. The number of aryl methyl sites for hydroxylation is 1. The second-order valence-electron chi connectivity index (χ2n) is 4.03. The number of carboxylic acids is 1. The maximum atomic E-state index is 12.6. The first-order valence-corrected chi connectivity index (χ1v) is 7.01. The Labute approximate surface area is 110 Å². The van der Waals surface area contributed by atoms with Crippen molar-refractivity contribution in [1.29, 1.82) is 4.78 Å². The van der Waals surface area contributed by atoms with Gasteiger partial charge in [0.1, 0.15) is 9.73 Å². The lowest BCUT2D eigenvalue weighted by Gasteiger charge is -2.10. The Balaban J connectivity index is 2.52. The predicted molar refractivity (Wildman–Crippen MR) is 69.8 cm³/mol. The number of pyridine rings is 1. The largest absolute Gasteiger partial charge is 0.478 e. The van der Waals surface area contributed by atoms with Gasteiger partial charge in [-0.05, 0) is 42.8 Å². The fourth-order valence-corrected chi connectivity index (χ4v) is 3.17. The minimum atomic E-state index is -3.17. The van der Waals surface area contributed by atoms with Crippen LogP contribution in [-0.2, 0) is 9.73 Å². The number of hydrogen-bond acceptors (Lipinski definition) is 4. The van der Waals surface area contributed by atoms with Gasteiger partial charge in [0, 0.05) is 12.4 Å². The van der Waals surface area contributed by atoms with E-state index < -0.39 is 15.7 Å². The molecule has 1 atom stereocenters. The molecule has 5 nitrogen and oxygen atoms in total.